The highest BCUT2D eigenvalue weighted by molar-refractivity contribution is 5.75. The first-order chi connectivity index (χ1) is 1.73. The van der Waals surface area contributed by atoms with Crippen molar-refractivity contribution >= 4 is 8.41 Å². The molecule has 0 atom stereocenters. The van der Waals surface area contributed by atoms with Crippen molar-refractivity contribution in [3.8, 4) is 0 Å². The van der Waals surface area contributed by atoms with Crippen LogP contribution in [-0.2, 0) is 0 Å². The van der Waals surface area contributed by atoms with Crippen molar-refractivity contribution in [1.82, 2.24) is 4.90 Å². The van der Waals surface area contributed by atoms with E-state index in [1.807, 2.05) is 26.0 Å². The van der Waals surface area contributed by atoms with Gasteiger partial charge in [-0.2, -0.15) is 0 Å². The zero-order valence-corrected chi connectivity index (χ0v) is 3.45. The van der Waals surface area contributed by atoms with Gasteiger partial charge in [-0.15, -0.1) is 0 Å². The van der Waals surface area contributed by atoms with Crippen molar-refractivity contribution in [1.29, 1.82) is 0 Å². The SMILES string of the molecule is B.CN(C)C. The molecule has 0 aromatic rings. The monoisotopic (exact) mass is 73.1 g/mol. The molecular weight excluding hydrogens is 60.9 g/mol. The third-order valence-corrected chi connectivity index (χ3v) is 0. The zero-order valence-electron chi connectivity index (χ0n) is 3.45. The predicted octanol–water partition coefficient (Wildman–Crippen LogP) is -1.01. The highest BCUT2D eigenvalue weighted by Gasteiger charge is 1.58. The van der Waals surface area contributed by atoms with E-state index in [0.717, 1.165) is 0 Å². The van der Waals surface area contributed by atoms with Crippen LogP contribution in [0.25, 0.3) is 0 Å². The Kier molecular flexibility index (Phi) is 7.16. The molecule has 0 rings (SSSR count). The summed E-state index contributed by atoms with van der Waals surface area (Å²) in [5.41, 5.74) is 0. The molecule has 1 nitrogen and oxygen atoms in total. The fourth-order valence-corrected chi connectivity index (χ4v) is 0. The Labute approximate surface area is 35.6 Å². The molecule has 0 aromatic carbocycles. The lowest BCUT2D eigenvalue weighted by Gasteiger charge is -1.90. The second-order valence-electron chi connectivity index (χ2n) is 1.34. The van der Waals surface area contributed by atoms with Crippen LogP contribution in [0.1, 0.15) is 0 Å². The van der Waals surface area contributed by atoms with E-state index in [9.17, 15) is 0 Å². The summed E-state index contributed by atoms with van der Waals surface area (Å²) in [6.07, 6.45) is 0. The summed E-state index contributed by atoms with van der Waals surface area (Å²) >= 11 is 0. The third kappa shape index (κ3) is 26500. The maximum absolute atomic E-state index is 2.00. The second-order valence-corrected chi connectivity index (χ2v) is 1.34. The van der Waals surface area contributed by atoms with Crippen molar-refractivity contribution in [3.05, 3.63) is 0 Å². The average Bonchev–Trinajstić information content (AvgIpc) is 0.811. The van der Waals surface area contributed by atoms with Gasteiger partial charge in [-0.25, -0.2) is 0 Å². The van der Waals surface area contributed by atoms with E-state index >= 15 is 0 Å². The van der Waals surface area contributed by atoms with E-state index in [1.54, 1.807) is 0 Å². The fourth-order valence-electron chi connectivity index (χ4n) is 0. The van der Waals surface area contributed by atoms with Crippen molar-refractivity contribution in [3.63, 3.8) is 0 Å². The molecule has 0 aromatic heterocycles. The largest absolute Gasteiger partial charge is 0.312 e. The van der Waals surface area contributed by atoms with Crippen molar-refractivity contribution in [2.24, 2.45) is 0 Å². The molecule has 0 radical (unpaired) electrons. The van der Waals surface area contributed by atoms with Crippen LogP contribution in [0, 0.1) is 0 Å². The van der Waals surface area contributed by atoms with Crippen LogP contribution in [0.3, 0.4) is 0 Å². The summed E-state index contributed by atoms with van der Waals surface area (Å²) in [5.74, 6) is 0. The van der Waals surface area contributed by atoms with Gasteiger partial charge in [0.15, 0.2) is 0 Å². The molecule has 32 valence electrons. The van der Waals surface area contributed by atoms with Gasteiger partial charge in [0.25, 0.3) is 0 Å². The molecule has 0 amide bonds. The minimum absolute atomic E-state index is 0. The van der Waals surface area contributed by atoms with Crippen LogP contribution in [0.2, 0.25) is 0 Å². The molecule has 0 unspecified atom stereocenters. The Hall–Kier alpha value is 0.0249. The van der Waals surface area contributed by atoms with Gasteiger partial charge >= 0.3 is 0 Å². The fraction of sp³-hybridized carbons (Fsp3) is 1.00. The topological polar surface area (TPSA) is 3.24 Å². The minimum Gasteiger partial charge on any atom is -0.312 e. The van der Waals surface area contributed by atoms with Gasteiger partial charge in [-0.05, 0) is 21.1 Å². The zero-order chi connectivity index (χ0) is 3.58. The van der Waals surface area contributed by atoms with Crippen molar-refractivity contribution < 1.29 is 0 Å². The maximum Gasteiger partial charge on any atom is 0.0814 e. The van der Waals surface area contributed by atoms with Crippen LogP contribution < -0.4 is 0 Å². The van der Waals surface area contributed by atoms with Gasteiger partial charge < -0.3 is 4.90 Å². The molecule has 0 aliphatic heterocycles. The van der Waals surface area contributed by atoms with Gasteiger partial charge in [-0.3, -0.25) is 0 Å². The lowest BCUT2D eigenvalue weighted by molar-refractivity contribution is 0.505. The van der Waals surface area contributed by atoms with E-state index < -0.39 is 0 Å². The highest BCUT2D eigenvalue weighted by atomic mass is 15.0. The molecule has 0 aliphatic rings. The summed E-state index contributed by atoms with van der Waals surface area (Å²) in [7, 11) is 6.00. The van der Waals surface area contributed by atoms with Crippen molar-refractivity contribution in [2.45, 2.75) is 0 Å². The van der Waals surface area contributed by atoms with E-state index in [-0.39, 0.29) is 8.41 Å². The van der Waals surface area contributed by atoms with E-state index in [2.05, 4.69) is 0 Å². The second kappa shape index (κ2) is 4.02. The summed E-state index contributed by atoms with van der Waals surface area (Å²) in [6.45, 7) is 0. The number of nitrogens with zero attached hydrogens (tertiary/aromatic N) is 1. The summed E-state index contributed by atoms with van der Waals surface area (Å²) in [6, 6.07) is 0. The predicted molar refractivity (Wildman–Crippen MR) is 29.5 cm³/mol. The van der Waals surface area contributed by atoms with Gasteiger partial charge in [-0.1, -0.05) is 0 Å². The van der Waals surface area contributed by atoms with Crippen LogP contribution in [0.5, 0.6) is 0 Å². The van der Waals surface area contributed by atoms with Crippen LogP contribution in [0.15, 0.2) is 0 Å². The van der Waals surface area contributed by atoms with Gasteiger partial charge in [0.05, 0.1) is 8.41 Å². The number of rotatable bonds is 0. The molecule has 0 spiro atoms. The summed E-state index contributed by atoms with van der Waals surface area (Å²) in [5, 5.41) is 0. The van der Waals surface area contributed by atoms with Crippen LogP contribution >= 0.6 is 0 Å². The average molecular weight is 72.9 g/mol. The first-order valence-electron chi connectivity index (χ1n) is 1.34. The molecule has 0 heterocycles. The van der Waals surface area contributed by atoms with E-state index in [1.165, 1.54) is 0 Å². The molecule has 0 aliphatic carbocycles. The van der Waals surface area contributed by atoms with Crippen LogP contribution in [-0.4, -0.2) is 34.5 Å². The third-order valence-electron chi connectivity index (χ3n) is 0. The van der Waals surface area contributed by atoms with Gasteiger partial charge in [0, 0.05) is 0 Å². The smallest absolute Gasteiger partial charge is 0.0814 e. The summed E-state index contributed by atoms with van der Waals surface area (Å²) in [4.78, 5) is 2.00. The quantitative estimate of drug-likeness (QED) is 0.332. The van der Waals surface area contributed by atoms with Gasteiger partial charge in [0.2, 0.25) is 0 Å². The Morgan fingerprint density at radius 1 is 1.00 bits per heavy atom. The first kappa shape index (κ1) is 8.90. The Morgan fingerprint density at radius 3 is 1.00 bits per heavy atom. The molecule has 0 bridgehead atoms. The lowest BCUT2D eigenvalue weighted by Crippen LogP contribution is -1.99. The Bertz CT molecular complexity index is 11.6. The molecular formula is C3H12BN. The maximum atomic E-state index is 2.00. The Morgan fingerprint density at radius 2 is 1.00 bits per heavy atom. The lowest BCUT2D eigenvalue weighted by atomic mass is 10.8. The van der Waals surface area contributed by atoms with Crippen molar-refractivity contribution in [2.75, 3.05) is 21.1 Å². The molecule has 0 fully saturated rings. The molecule has 5 heavy (non-hydrogen) atoms. The normalized spacial score (nSPS) is 7.20. The number of hydrogen-bond donors (Lipinski definition) is 0. The number of hydrogen-bond acceptors (Lipinski definition) is 1. The summed E-state index contributed by atoms with van der Waals surface area (Å²) < 4.78 is 0. The molecule has 0 saturated carbocycles. The standard InChI is InChI=1S/C3H9N.BH3/c1-4(2)3;/h1-3H3;1H3. The molecule has 0 N–H and O–H groups in total. The molecule has 0 saturated heterocycles. The highest BCUT2D eigenvalue weighted by Crippen LogP contribution is 1.47. The van der Waals surface area contributed by atoms with E-state index in [4.69, 9.17) is 0 Å². The van der Waals surface area contributed by atoms with Crippen LogP contribution in [0.4, 0.5) is 0 Å². The minimum atomic E-state index is 0. The van der Waals surface area contributed by atoms with E-state index in [0.29, 0.717) is 0 Å². The first-order valence-corrected chi connectivity index (χ1v) is 1.34. The molecule has 2 heteroatoms. The Balaban J connectivity index is 0. The van der Waals surface area contributed by atoms with Gasteiger partial charge in [0.1, 0.15) is 0 Å².